The maximum absolute atomic E-state index is 14.9. The molecule has 4 rings (SSSR count). The zero-order chi connectivity index (χ0) is 19.7. The molecule has 1 aromatic heterocycles. The Balaban J connectivity index is 1.67. The first-order chi connectivity index (χ1) is 13.5. The van der Waals surface area contributed by atoms with Gasteiger partial charge in [-0.25, -0.2) is 9.07 Å². The van der Waals surface area contributed by atoms with E-state index in [0.29, 0.717) is 28.0 Å². The SMILES string of the molecule is O=C(NCc1ccc(Cl)cc1)c1nn(C2CCCCO2)c2c(F)c(Br)ccc12. The molecule has 1 fully saturated rings. The van der Waals surface area contributed by atoms with Crippen molar-refractivity contribution >= 4 is 44.3 Å². The fourth-order valence-electron chi connectivity index (χ4n) is 3.33. The Morgan fingerprint density at radius 1 is 1.29 bits per heavy atom. The third kappa shape index (κ3) is 3.79. The van der Waals surface area contributed by atoms with Gasteiger partial charge in [0.05, 0.1) is 4.47 Å². The largest absolute Gasteiger partial charge is 0.356 e. The van der Waals surface area contributed by atoms with E-state index in [1.807, 2.05) is 12.1 Å². The minimum atomic E-state index is -0.448. The highest BCUT2D eigenvalue weighted by Gasteiger charge is 2.26. The lowest BCUT2D eigenvalue weighted by atomic mass is 10.1. The number of amides is 1. The van der Waals surface area contributed by atoms with Crippen LogP contribution in [0.2, 0.25) is 5.02 Å². The van der Waals surface area contributed by atoms with E-state index in [0.717, 1.165) is 24.8 Å². The molecule has 2 heterocycles. The fraction of sp³-hybridized carbons (Fsp3) is 0.300. The Labute approximate surface area is 174 Å². The van der Waals surface area contributed by atoms with Crippen LogP contribution in [-0.2, 0) is 11.3 Å². The van der Waals surface area contributed by atoms with Gasteiger partial charge < -0.3 is 10.1 Å². The van der Waals surface area contributed by atoms with Gasteiger partial charge in [0.25, 0.3) is 5.91 Å². The van der Waals surface area contributed by atoms with E-state index >= 15 is 0 Å². The topological polar surface area (TPSA) is 56.2 Å². The van der Waals surface area contributed by atoms with Crippen molar-refractivity contribution in [1.82, 2.24) is 15.1 Å². The van der Waals surface area contributed by atoms with Gasteiger partial charge in [-0.2, -0.15) is 5.10 Å². The Kier molecular flexibility index (Phi) is 5.66. The average molecular weight is 467 g/mol. The van der Waals surface area contributed by atoms with E-state index in [4.69, 9.17) is 16.3 Å². The van der Waals surface area contributed by atoms with Crippen LogP contribution < -0.4 is 5.32 Å². The standard InChI is InChI=1S/C20H18BrClFN3O2/c21-15-9-8-14-18(20(27)24-11-12-4-6-13(22)7-5-12)25-26(19(14)17(15)23)16-3-1-2-10-28-16/h4-9,16H,1-3,10-11H2,(H,24,27). The number of nitrogens with one attached hydrogen (secondary N) is 1. The number of benzene rings is 2. The minimum Gasteiger partial charge on any atom is -0.356 e. The average Bonchev–Trinajstić information content (AvgIpc) is 3.11. The summed E-state index contributed by atoms with van der Waals surface area (Å²) in [4.78, 5) is 12.8. The van der Waals surface area contributed by atoms with Crippen LogP contribution in [0.5, 0.6) is 0 Å². The maximum atomic E-state index is 14.9. The first-order valence-corrected chi connectivity index (χ1v) is 10.2. The molecular weight excluding hydrogens is 449 g/mol. The van der Waals surface area contributed by atoms with Crippen LogP contribution in [0, 0.1) is 5.82 Å². The molecule has 1 amide bonds. The Bertz CT molecular complexity index is 1020. The number of nitrogens with zero attached hydrogens (tertiary/aromatic N) is 2. The molecule has 1 N–H and O–H groups in total. The van der Waals surface area contributed by atoms with Crippen LogP contribution in [0.4, 0.5) is 4.39 Å². The molecular formula is C20H18BrClFN3O2. The summed E-state index contributed by atoms with van der Waals surface area (Å²) in [6.45, 7) is 0.920. The summed E-state index contributed by atoms with van der Waals surface area (Å²) in [7, 11) is 0. The molecule has 1 unspecified atom stereocenters. The van der Waals surface area contributed by atoms with Gasteiger partial charge in [0, 0.05) is 23.6 Å². The highest BCUT2D eigenvalue weighted by Crippen LogP contribution is 2.32. The Hall–Kier alpha value is -1.96. The number of carbonyl (C=O) groups is 1. The molecule has 5 nitrogen and oxygen atoms in total. The van der Waals surface area contributed by atoms with Gasteiger partial charge in [-0.05, 0) is 65.0 Å². The number of hydrogen-bond donors (Lipinski definition) is 1. The second-order valence-corrected chi connectivity index (χ2v) is 7.97. The lowest BCUT2D eigenvalue weighted by Crippen LogP contribution is -2.24. The van der Waals surface area contributed by atoms with Crippen LogP contribution in [0.1, 0.15) is 41.5 Å². The second-order valence-electron chi connectivity index (χ2n) is 6.68. The van der Waals surface area contributed by atoms with Crippen molar-refractivity contribution < 1.29 is 13.9 Å². The Morgan fingerprint density at radius 2 is 2.07 bits per heavy atom. The Morgan fingerprint density at radius 3 is 2.79 bits per heavy atom. The molecule has 1 saturated heterocycles. The van der Waals surface area contributed by atoms with Gasteiger partial charge in [-0.3, -0.25) is 4.79 Å². The highest BCUT2D eigenvalue weighted by atomic mass is 79.9. The number of aromatic nitrogens is 2. The molecule has 0 radical (unpaired) electrons. The third-order valence-corrected chi connectivity index (χ3v) is 5.64. The number of ether oxygens (including phenoxy) is 1. The lowest BCUT2D eigenvalue weighted by Gasteiger charge is -2.23. The first kappa shape index (κ1) is 19.4. The molecule has 28 heavy (non-hydrogen) atoms. The number of hydrogen-bond acceptors (Lipinski definition) is 3. The first-order valence-electron chi connectivity index (χ1n) is 9.05. The van der Waals surface area contributed by atoms with Crippen molar-refractivity contribution in [2.24, 2.45) is 0 Å². The van der Waals surface area contributed by atoms with Crippen molar-refractivity contribution in [2.45, 2.75) is 32.0 Å². The van der Waals surface area contributed by atoms with E-state index in [-0.39, 0.29) is 23.3 Å². The monoisotopic (exact) mass is 465 g/mol. The summed E-state index contributed by atoms with van der Waals surface area (Å²) >= 11 is 9.11. The molecule has 3 aromatic rings. The van der Waals surface area contributed by atoms with Gasteiger partial charge in [-0.1, -0.05) is 23.7 Å². The van der Waals surface area contributed by atoms with Crippen LogP contribution in [0.25, 0.3) is 10.9 Å². The summed E-state index contributed by atoms with van der Waals surface area (Å²) in [5, 5.41) is 8.38. The summed E-state index contributed by atoms with van der Waals surface area (Å²) in [6.07, 6.45) is 2.29. The number of halogens is 3. The summed E-state index contributed by atoms with van der Waals surface area (Å²) in [6, 6.07) is 10.5. The second kappa shape index (κ2) is 8.19. The molecule has 8 heteroatoms. The van der Waals surface area contributed by atoms with Gasteiger partial charge in [-0.15, -0.1) is 0 Å². The van der Waals surface area contributed by atoms with Crippen molar-refractivity contribution in [2.75, 3.05) is 6.61 Å². The minimum absolute atomic E-state index is 0.185. The van der Waals surface area contributed by atoms with Crippen LogP contribution in [-0.4, -0.2) is 22.3 Å². The van der Waals surface area contributed by atoms with Gasteiger partial charge >= 0.3 is 0 Å². The quantitative estimate of drug-likeness (QED) is 0.573. The van der Waals surface area contributed by atoms with Crippen molar-refractivity contribution in [3.05, 3.63) is 63.0 Å². The molecule has 0 aliphatic carbocycles. The van der Waals surface area contributed by atoms with E-state index in [9.17, 15) is 9.18 Å². The number of rotatable bonds is 4. The normalized spacial score (nSPS) is 17.0. The number of fused-ring (bicyclic) bond motifs is 1. The van der Waals surface area contributed by atoms with Crippen molar-refractivity contribution in [1.29, 1.82) is 0 Å². The van der Waals surface area contributed by atoms with Gasteiger partial charge in [0.2, 0.25) is 0 Å². The predicted octanol–water partition coefficient (Wildman–Crippen LogP) is 5.22. The lowest BCUT2D eigenvalue weighted by molar-refractivity contribution is -0.0370. The highest BCUT2D eigenvalue weighted by molar-refractivity contribution is 9.10. The predicted molar refractivity (Wildman–Crippen MR) is 109 cm³/mol. The fourth-order valence-corrected chi connectivity index (χ4v) is 3.77. The summed E-state index contributed by atoms with van der Waals surface area (Å²) in [5.41, 5.74) is 1.37. The van der Waals surface area contributed by atoms with Crippen molar-refractivity contribution in [3.8, 4) is 0 Å². The smallest absolute Gasteiger partial charge is 0.272 e. The number of carbonyl (C=O) groups excluding carboxylic acids is 1. The van der Waals surface area contributed by atoms with Crippen molar-refractivity contribution in [3.63, 3.8) is 0 Å². The van der Waals surface area contributed by atoms with Crippen LogP contribution >= 0.6 is 27.5 Å². The van der Waals surface area contributed by atoms with Gasteiger partial charge in [0.1, 0.15) is 5.52 Å². The third-order valence-electron chi connectivity index (χ3n) is 4.77. The van der Waals surface area contributed by atoms with Crippen LogP contribution in [0.15, 0.2) is 40.9 Å². The van der Waals surface area contributed by atoms with Crippen LogP contribution in [0.3, 0.4) is 0 Å². The molecule has 0 bridgehead atoms. The molecule has 1 atom stereocenters. The molecule has 1 aliphatic heterocycles. The molecule has 0 saturated carbocycles. The zero-order valence-corrected chi connectivity index (χ0v) is 17.3. The van der Waals surface area contributed by atoms with E-state index in [1.54, 1.807) is 24.3 Å². The molecule has 1 aliphatic rings. The van der Waals surface area contributed by atoms with E-state index in [1.165, 1.54) is 4.68 Å². The zero-order valence-electron chi connectivity index (χ0n) is 14.9. The van der Waals surface area contributed by atoms with E-state index < -0.39 is 5.82 Å². The maximum Gasteiger partial charge on any atom is 0.272 e. The molecule has 146 valence electrons. The molecule has 2 aromatic carbocycles. The van der Waals surface area contributed by atoms with E-state index in [2.05, 4.69) is 26.3 Å². The summed E-state index contributed by atoms with van der Waals surface area (Å²) in [5.74, 6) is -0.813. The summed E-state index contributed by atoms with van der Waals surface area (Å²) < 4.78 is 22.5. The van der Waals surface area contributed by atoms with Gasteiger partial charge in [0.15, 0.2) is 17.7 Å². The molecule has 0 spiro atoms.